The Hall–Kier alpha value is -4.96. The lowest BCUT2D eigenvalue weighted by Crippen LogP contribution is -2.01. The molecule has 4 aromatic carbocycles. The van der Waals surface area contributed by atoms with Crippen LogP contribution in [0.1, 0.15) is 5.56 Å². The molecule has 0 aliphatic carbocycles. The summed E-state index contributed by atoms with van der Waals surface area (Å²) in [6.07, 6.45) is 1.82. The van der Waals surface area contributed by atoms with E-state index in [2.05, 4.69) is 72.6 Å². The van der Waals surface area contributed by atoms with Gasteiger partial charge in [0, 0.05) is 28.5 Å². The summed E-state index contributed by atoms with van der Waals surface area (Å²) in [5.41, 5.74) is 8.31. The molecule has 0 saturated carbocycles. The third-order valence-electron chi connectivity index (χ3n) is 6.35. The highest BCUT2D eigenvalue weighted by molar-refractivity contribution is 5.74. The van der Waals surface area contributed by atoms with Crippen molar-refractivity contribution < 1.29 is 0 Å². The number of hydrogen-bond acceptors (Lipinski definition) is 4. The van der Waals surface area contributed by atoms with Crippen LogP contribution in [0.4, 0.5) is 0 Å². The molecule has 0 radical (unpaired) electrons. The average Bonchev–Trinajstić information content (AvgIpc) is 2.98. The van der Waals surface area contributed by atoms with Crippen LogP contribution in [-0.2, 0) is 0 Å². The summed E-state index contributed by atoms with van der Waals surface area (Å²) < 4.78 is 0. The van der Waals surface area contributed by atoms with Crippen LogP contribution in [0.2, 0.25) is 0 Å². The molecule has 0 amide bonds. The van der Waals surface area contributed by atoms with Crippen LogP contribution in [0.5, 0.6) is 0 Å². The van der Waals surface area contributed by atoms with Gasteiger partial charge in [-0.25, -0.2) is 15.0 Å². The fourth-order valence-corrected chi connectivity index (χ4v) is 4.37. The van der Waals surface area contributed by atoms with Gasteiger partial charge in [-0.05, 0) is 41.8 Å². The Morgan fingerprint density at radius 1 is 0.432 bits per heavy atom. The van der Waals surface area contributed by atoms with Crippen molar-refractivity contribution in [3.8, 4) is 56.5 Å². The predicted molar refractivity (Wildman–Crippen MR) is 150 cm³/mol. The molecule has 0 spiro atoms. The largest absolute Gasteiger partial charge is 0.256 e. The van der Waals surface area contributed by atoms with Gasteiger partial charge in [-0.15, -0.1) is 0 Å². The molecule has 0 unspecified atom stereocenters. The highest BCUT2D eigenvalue weighted by atomic mass is 15.0. The minimum atomic E-state index is 0.652. The molecule has 2 heterocycles. The van der Waals surface area contributed by atoms with E-state index in [9.17, 15) is 0 Å². The first kappa shape index (κ1) is 22.5. The summed E-state index contributed by atoms with van der Waals surface area (Å²) in [7, 11) is 0. The first-order valence-corrected chi connectivity index (χ1v) is 12.2. The van der Waals surface area contributed by atoms with Crippen LogP contribution < -0.4 is 0 Å². The molecule has 0 bridgehead atoms. The molecule has 4 heteroatoms. The fraction of sp³-hybridized carbons (Fsp3) is 0.0303. The SMILES string of the molecule is Cc1ccccc1-c1nc(-c2ccccc2)nc(-c2cccc(-c3ccc(-c4ccccn4)cc3)c2)n1. The second kappa shape index (κ2) is 9.96. The molecule has 0 N–H and O–H groups in total. The van der Waals surface area contributed by atoms with E-state index in [-0.39, 0.29) is 0 Å². The van der Waals surface area contributed by atoms with Gasteiger partial charge in [0.05, 0.1) is 5.69 Å². The molecule has 6 aromatic rings. The molecule has 0 atom stereocenters. The average molecular weight is 477 g/mol. The number of hydrogen-bond donors (Lipinski definition) is 0. The summed E-state index contributed by atoms with van der Waals surface area (Å²) in [6.45, 7) is 2.08. The second-order valence-electron chi connectivity index (χ2n) is 8.86. The van der Waals surface area contributed by atoms with E-state index in [1.54, 1.807) is 0 Å². The second-order valence-corrected chi connectivity index (χ2v) is 8.86. The van der Waals surface area contributed by atoms with Crippen LogP contribution in [-0.4, -0.2) is 19.9 Å². The smallest absolute Gasteiger partial charge is 0.164 e. The van der Waals surface area contributed by atoms with Crippen molar-refractivity contribution in [1.29, 1.82) is 0 Å². The normalized spacial score (nSPS) is 10.8. The van der Waals surface area contributed by atoms with Gasteiger partial charge in [0.25, 0.3) is 0 Å². The molecule has 176 valence electrons. The van der Waals surface area contributed by atoms with Crippen molar-refractivity contribution in [2.75, 3.05) is 0 Å². The summed E-state index contributed by atoms with van der Waals surface area (Å²) >= 11 is 0. The van der Waals surface area contributed by atoms with Crippen molar-refractivity contribution in [1.82, 2.24) is 19.9 Å². The minimum absolute atomic E-state index is 0.652. The maximum Gasteiger partial charge on any atom is 0.164 e. The third-order valence-corrected chi connectivity index (χ3v) is 6.35. The predicted octanol–water partition coefficient (Wildman–Crippen LogP) is 7.91. The van der Waals surface area contributed by atoms with Gasteiger partial charge >= 0.3 is 0 Å². The number of aromatic nitrogens is 4. The summed E-state index contributed by atoms with van der Waals surface area (Å²) in [6, 6.07) is 41.0. The quantitative estimate of drug-likeness (QED) is 0.254. The zero-order valence-electron chi connectivity index (χ0n) is 20.4. The van der Waals surface area contributed by atoms with Crippen LogP contribution >= 0.6 is 0 Å². The zero-order chi connectivity index (χ0) is 25.0. The van der Waals surface area contributed by atoms with E-state index >= 15 is 0 Å². The lowest BCUT2D eigenvalue weighted by Gasteiger charge is -2.11. The highest BCUT2D eigenvalue weighted by Gasteiger charge is 2.14. The van der Waals surface area contributed by atoms with E-state index in [4.69, 9.17) is 15.0 Å². The highest BCUT2D eigenvalue weighted by Crippen LogP contribution is 2.30. The van der Waals surface area contributed by atoms with Gasteiger partial charge < -0.3 is 0 Å². The molecule has 6 rings (SSSR count). The molecule has 2 aromatic heterocycles. The van der Waals surface area contributed by atoms with Gasteiger partial charge in [-0.1, -0.05) is 103 Å². The van der Waals surface area contributed by atoms with Gasteiger partial charge in [-0.3, -0.25) is 4.98 Å². The van der Waals surface area contributed by atoms with Crippen molar-refractivity contribution in [3.63, 3.8) is 0 Å². The van der Waals surface area contributed by atoms with E-state index in [1.807, 2.05) is 66.9 Å². The number of pyridine rings is 1. The molecule has 0 fully saturated rings. The van der Waals surface area contributed by atoms with Crippen LogP contribution in [0.3, 0.4) is 0 Å². The topological polar surface area (TPSA) is 51.6 Å². The van der Waals surface area contributed by atoms with E-state index in [0.29, 0.717) is 17.5 Å². The Bertz CT molecular complexity index is 1660. The first-order valence-electron chi connectivity index (χ1n) is 12.2. The summed E-state index contributed by atoms with van der Waals surface area (Å²) in [5.74, 6) is 1.99. The molecule has 0 saturated heterocycles. The summed E-state index contributed by atoms with van der Waals surface area (Å²) in [4.78, 5) is 19.1. The van der Waals surface area contributed by atoms with Crippen LogP contribution in [0.25, 0.3) is 56.5 Å². The van der Waals surface area contributed by atoms with Crippen LogP contribution in [0.15, 0.2) is 128 Å². The Labute approximate surface area is 216 Å². The monoisotopic (exact) mass is 476 g/mol. The Kier molecular flexibility index (Phi) is 6.05. The maximum absolute atomic E-state index is 4.92. The molecule has 4 nitrogen and oxygen atoms in total. The lowest BCUT2D eigenvalue weighted by atomic mass is 10.0. The lowest BCUT2D eigenvalue weighted by molar-refractivity contribution is 1.07. The number of nitrogens with zero attached hydrogens (tertiary/aromatic N) is 4. The zero-order valence-corrected chi connectivity index (χ0v) is 20.4. The molecule has 37 heavy (non-hydrogen) atoms. The minimum Gasteiger partial charge on any atom is -0.256 e. The van der Waals surface area contributed by atoms with Gasteiger partial charge in [0.1, 0.15) is 0 Å². The van der Waals surface area contributed by atoms with Crippen molar-refractivity contribution in [2.45, 2.75) is 6.92 Å². The maximum atomic E-state index is 4.92. The standard InChI is InChI=1S/C33H24N4/c1-23-10-5-6-15-29(23)33-36-31(26-11-3-2-4-12-26)35-32(37-33)28-14-9-13-27(22-28)24-17-19-25(20-18-24)30-16-7-8-21-34-30/h2-22H,1H3. The van der Waals surface area contributed by atoms with Gasteiger partial charge in [0.15, 0.2) is 17.5 Å². The molecular weight excluding hydrogens is 452 g/mol. The van der Waals surface area contributed by atoms with Gasteiger partial charge in [-0.2, -0.15) is 0 Å². The molecule has 0 aliphatic rings. The van der Waals surface area contributed by atoms with Crippen molar-refractivity contribution >= 4 is 0 Å². The number of benzene rings is 4. The van der Waals surface area contributed by atoms with Crippen molar-refractivity contribution in [2.24, 2.45) is 0 Å². The Morgan fingerprint density at radius 3 is 1.81 bits per heavy atom. The summed E-state index contributed by atoms with van der Waals surface area (Å²) in [5, 5.41) is 0. The van der Waals surface area contributed by atoms with Crippen LogP contribution in [0, 0.1) is 6.92 Å². The van der Waals surface area contributed by atoms with Gasteiger partial charge in [0.2, 0.25) is 0 Å². The number of aryl methyl sites for hydroxylation is 1. The molecular formula is C33H24N4. The van der Waals surface area contributed by atoms with E-state index < -0.39 is 0 Å². The molecule has 0 aliphatic heterocycles. The Balaban J connectivity index is 1.42. The Morgan fingerprint density at radius 2 is 1.05 bits per heavy atom. The number of rotatable bonds is 5. The third kappa shape index (κ3) is 4.78. The van der Waals surface area contributed by atoms with E-state index in [0.717, 1.165) is 44.6 Å². The van der Waals surface area contributed by atoms with E-state index in [1.165, 1.54) is 0 Å². The van der Waals surface area contributed by atoms with Crippen molar-refractivity contribution in [3.05, 3.63) is 133 Å². The first-order chi connectivity index (χ1) is 18.2. The fourth-order valence-electron chi connectivity index (χ4n) is 4.37.